The predicted molar refractivity (Wildman–Crippen MR) is 92.3 cm³/mol. The first kappa shape index (κ1) is 14.2. The minimum Gasteiger partial charge on any atom is -0.497 e. The molecule has 1 amide bonds. The van der Waals surface area contributed by atoms with Crippen molar-refractivity contribution in [1.29, 1.82) is 0 Å². The number of hydrogen-bond acceptors (Lipinski definition) is 4. The van der Waals surface area contributed by atoms with E-state index in [-0.39, 0.29) is 11.8 Å². The van der Waals surface area contributed by atoms with E-state index in [0.717, 1.165) is 22.0 Å². The molecule has 0 aliphatic carbocycles. The Morgan fingerprint density at radius 2 is 1.96 bits per heavy atom. The third-order valence-electron chi connectivity index (χ3n) is 4.17. The van der Waals surface area contributed by atoms with Crippen molar-refractivity contribution in [3.05, 3.63) is 53.5 Å². The molecule has 2 aromatic carbocycles. The van der Waals surface area contributed by atoms with Crippen molar-refractivity contribution < 1.29 is 9.53 Å². The fourth-order valence-electron chi connectivity index (χ4n) is 2.95. The van der Waals surface area contributed by atoms with E-state index in [1.807, 2.05) is 47.4 Å². The fourth-order valence-corrected chi connectivity index (χ4v) is 4.01. The highest BCUT2D eigenvalue weighted by molar-refractivity contribution is 7.18. The molecule has 0 saturated carbocycles. The second-order valence-electron chi connectivity index (χ2n) is 5.62. The van der Waals surface area contributed by atoms with Crippen molar-refractivity contribution in [2.75, 3.05) is 18.6 Å². The quantitative estimate of drug-likeness (QED) is 0.735. The Kier molecular flexibility index (Phi) is 3.50. The van der Waals surface area contributed by atoms with Gasteiger partial charge in [0.15, 0.2) is 0 Å². The maximum absolute atomic E-state index is 12.4. The molecule has 23 heavy (non-hydrogen) atoms. The first-order chi connectivity index (χ1) is 11.2. The summed E-state index contributed by atoms with van der Waals surface area (Å²) >= 11 is 1.69. The molecule has 1 fully saturated rings. The summed E-state index contributed by atoms with van der Waals surface area (Å²) in [5.41, 5.74) is 1.93. The first-order valence-electron chi connectivity index (χ1n) is 7.54. The van der Waals surface area contributed by atoms with Crippen LogP contribution in [-0.4, -0.2) is 24.5 Å². The van der Waals surface area contributed by atoms with Gasteiger partial charge < -0.3 is 9.64 Å². The molecule has 116 valence electrons. The maximum atomic E-state index is 12.4. The van der Waals surface area contributed by atoms with Gasteiger partial charge in [0, 0.05) is 24.6 Å². The lowest BCUT2D eigenvalue weighted by molar-refractivity contribution is -0.117. The summed E-state index contributed by atoms with van der Waals surface area (Å²) in [5, 5.41) is 1.05. The van der Waals surface area contributed by atoms with Crippen molar-refractivity contribution >= 4 is 33.1 Å². The highest BCUT2D eigenvalue weighted by Gasteiger charge is 2.33. The van der Waals surface area contributed by atoms with E-state index in [2.05, 4.69) is 6.07 Å². The summed E-state index contributed by atoms with van der Waals surface area (Å²) in [4.78, 5) is 18.9. The Hall–Kier alpha value is -2.40. The third-order valence-corrected chi connectivity index (χ3v) is 5.37. The molecule has 1 aromatic heterocycles. The van der Waals surface area contributed by atoms with Crippen molar-refractivity contribution in [3.8, 4) is 5.75 Å². The Bertz CT molecular complexity index is 824. The molecule has 1 atom stereocenters. The zero-order valence-corrected chi connectivity index (χ0v) is 13.5. The standard InChI is InChI=1S/C18H16N2O2S/c1-22-14-8-6-13(7-9-14)20-11-12(10-17(20)21)18-19-15-4-2-3-5-16(15)23-18/h2-9,12H,10-11H2,1H3. The highest BCUT2D eigenvalue weighted by atomic mass is 32.1. The summed E-state index contributed by atoms with van der Waals surface area (Å²) in [5.74, 6) is 1.12. The number of benzene rings is 2. The number of fused-ring (bicyclic) bond motifs is 1. The van der Waals surface area contributed by atoms with Crippen molar-refractivity contribution in [1.82, 2.24) is 4.98 Å². The molecule has 5 heteroatoms. The summed E-state index contributed by atoms with van der Waals surface area (Å²) in [6.45, 7) is 0.686. The zero-order valence-electron chi connectivity index (χ0n) is 12.7. The number of nitrogens with zero attached hydrogens (tertiary/aromatic N) is 2. The summed E-state index contributed by atoms with van der Waals surface area (Å²) in [6.07, 6.45) is 0.520. The van der Waals surface area contributed by atoms with Gasteiger partial charge in [-0.15, -0.1) is 11.3 Å². The minimum absolute atomic E-state index is 0.152. The van der Waals surface area contributed by atoms with Gasteiger partial charge in [0.05, 0.1) is 22.3 Å². The van der Waals surface area contributed by atoms with Gasteiger partial charge in [-0.3, -0.25) is 4.79 Å². The molecule has 3 aromatic rings. The SMILES string of the molecule is COc1ccc(N2CC(c3nc4ccccc4s3)CC2=O)cc1. The molecule has 4 rings (SSSR count). The molecular weight excluding hydrogens is 308 g/mol. The van der Waals surface area contributed by atoms with Gasteiger partial charge in [-0.2, -0.15) is 0 Å². The average molecular weight is 324 g/mol. The minimum atomic E-state index is 0.152. The van der Waals surface area contributed by atoms with E-state index in [0.29, 0.717) is 13.0 Å². The lowest BCUT2D eigenvalue weighted by Crippen LogP contribution is -2.24. The number of aromatic nitrogens is 1. The van der Waals surface area contributed by atoms with Crippen molar-refractivity contribution in [2.45, 2.75) is 12.3 Å². The fraction of sp³-hybridized carbons (Fsp3) is 0.222. The van der Waals surface area contributed by atoms with Gasteiger partial charge in [-0.05, 0) is 36.4 Å². The van der Waals surface area contributed by atoms with Gasteiger partial charge in [-0.1, -0.05) is 12.1 Å². The maximum Gasteiger partial charge on any atom is 0.227 e. The van der Waals surface area contributed by atoms with E-state index in [9.17, 15) is 4.79 Å². The molecule has 1 aliphatic rings. The molecule has 0 bridgehead atoms. The van der Waals surface area contributed by atoms with Gasteiger partial charge >= 0.3 is 0 Å². The lowest BCUT2D eigenvalue weighted by Gasteiger charge is -2.16. The normalized spacial score (nSPS) is 17.9. The van der Waals surface area contributed by atoms with Crippen LogP contribution in [0.3, 0.4) is 0 Å². The van der Waals surface area contributed by atoms with E-state index >= 15 is 0 Å². The molecule has 1 aliphatic heterocycles. The Labute approximate surface area is 138 Å². The van der Waals surface area contributed by atoms with Gasteiger partial charge in [0.1, 0.15) is 5.75 Å². The number of ether oxygens (including phenoxy) is 1. The first-order valence-corrected chi connectivity index (χ1v) is 8.36. The van der Waals surface area contributed by atoms with Gasteiger partial charge in [-0.25, -0.2) is 4.98 Å². The molecule has 0 N–H and O–H groups in total. The topological polar surface area (TPSA) is 42.4 Å². The largest absolute Gasteiger partial charge is 0.497 e. The molecule has 0 radical (unpaired) electrons. The number of para-hydroxylation sites is 1. The molecule has 4 nitrogen and oxygen atoms in total. The monoisotopic (exact) mass is 324 g/mol. The van der Waals surface area contributed by atoms with E-state index in [4.69, 9.17) is 9.72 Å². The van der Waals surface area contributed by atoms with Crippen molar-refractivity contribution in [3.63, 3.8) is 0 Å². The number of thiazole rings is 1. The zero-order chi connectivity index (χ0) is 15.8. The second-order valence-corrected chi connectivity index (χ2v) is 6.69. The summed E-state index contributed by atoms with van der Waals surface area (Å²) in [7, 11) is 1.64. The molecule has 0 spiro atoms. The number of hydrogen-bond donors (Lipinski definition) is 0. The van der Waals surface area contributed by atoms with E-state index < -0.39 is 0 Å². The number of methoxy groups -OCH3 is 1. The van der Waals surface area contributed by atoms with Crippen LogP contribution in [-0.2, 0) is 4.79 Å². The lowest BCUT2D eigenvalue weighted by atomic mass is 10.1. The Morgan fingerprint density at radius 1 is 1.17 bits per heavy atom. The van der Waals surface area contributed by atoms with Crippen LogP contribution < -0.4 is 9.64 Å². The summed E-state index contributed by atoms with van der Waals surface area (Å²) in [6, 6.07) is 15.7. The Morgan fingerprint density at radius 3 is 2.70 bits per heavy atom. The molecular formula is C18H16N2O2S. The van der Waals surface area contributed by atoms with Crippen molar-refractivity contribution in [2.24, 2.45) is 0 Å². The number of anilines is 1. The van der Waals surface area contributed by atoms with Crippen LogP contribution in [0.1, 0.15) is 17.3 Å². The molecule has 1 unspecified atom stereocenters. The van der Waals surface area contributed by atoms with Crippen LogP contribution in [0.15, 0.2) is 48.5 Å². The number of amides is 1. The van der Waals surface area contributed by atoms with E-state index in [1.165, 1.54) is 4.70 Å². The van der Waals surface area contributed by atoms with Crippen LogP contribution in [0.5, 0.6) is 5.75 Å². The van der Waals surface area contributed by atoms with E-state index in [1.54, 1.807) is 18.4 Å². The van der Waals surface area contributed by atoms with Crippen LogP contribution in [0.25, 0.3) is 10.2 Å². The number of carbonyl (C=O) groups is 1. The van der Waals surface area contributed by atoms with Crippen LogP contribution in [0.2, 0.25) is 0 Å². The van der Waals surface area contributed by atoms with Crippen LogP contribution in [0, 0.1) is 0 Å². The predicted octanol–water partition coefficient (Wildman–Crippen LogP) is 3.83. The second kappa shape index (κ2) is 5.66. The van der Waals surface area contributed by atoms with Crippen LogP contribution >= 0.6 is 11.3 Å². The van der Waals surface area contributed by atoms with Gasteiger partial charge in [0.25, 0.3) is 0 Å². The smallest absolute Gasteiger partial charge is 0.227 e. The molecule has 1 saturated heterocycles. The van der Waals surface area contributed by atoms with Crippen LogP contribution in [0.4, 0.5) is 5.69 Å². The average Bonchev–Trinajstić information content (AvgIpc) is 3.18. The third kappa shape index (κ3) is 2.57. The molecule has 2 heterocycles. The Balaban J connectivity index is 1.59. The van der Waals surface area contributed by atoms with Gasteiger partial charge in [0.2, 0.25) is 5.91 Å². The highest BCUT2D eigenvalue weighted by Crippen LogP contribution is 2.36. The summed E-state index contributed by atoms with van der Waals surface area (Å²) < 4.78 is 6.35. The number of carbonyl (C=O) groups excluding carboxylic acids is 1. The number of rotatable bonds is 3.